The molecule has 1 amide bonds. The van der Waals surface area contributed by atoms with E-state index in [1.54, 1.807) is 19.3 Å². The normalized spacial score (nSPS) is 11.6. The molecule has 0 bridgehead atoms. The number of aromatic nitrogens is 4. The van der Waals surface area contributed by atoms with Crippen LogP contribution < -0.4 is 5.32 Å². The summed E-state index contributed by atoms with van der Waals surface area (Å²) in [7, 11) is 1.73. The first kappa shape index (κ1) is 13.7. The van der Waals surface area contributed by atoms with Crippen LogP contribution in [0.1, 0.15) is 41.3 Å². The van der Waals surface area contributed by atoms with Crippen LogP contribution in [0.25, 0.3) is 0 Å². The van der Waals surface area contributed by atoms with Gasteiger partial charge in [0.1, 0.15) is 15.7 Å². The van der Waals surface area contributed by atoms with Crippen LogP contribution in [0.2, 0.25) is 0 Å². The predicted octanol–water partition coefficient (Wildman–Crippen LogP) is 1.50. The van der Waals surface area contributed by atoms with Gasteiger partial charge in [0.25, 0.3) is 5.91 Å². The van der Waals surface area contributed by atoms with Crippen molar-refractivity contribution in [3.8, 4) is 0 Å². The molecule has 0 unspecified atom stereocenters. The first-order valence-corrected chi connectivity index (χ1v) is 6.78. The molecule has 0 saturated carbocycles. The average Bonchev–Trinajstić information content (AvgIpc) is 2.93. The van der Waals surface area contributed by atoms with E-state index in [0.29, 0.717) is 12.2 Å². The Balaban J connectivity index is 1.98. The highest BCUT2D eigenvalue weighted by Crippen LogP contribution is 2.25. The van der Waals surface area contributed by atoms with E-state index < -0.39 is 0 Å². The molecule has 102 valence electrons. The van der Waals surface area contributed by atoms with Gasteiger partial charge in [-0.1, -0.05) is 32.1 Å². The summed E-state index contributed by atoms with van der Waals surface area (Å²) in [5.41, 5.74) is 0.516. The average molecular weight is 279 g/mol. The number of hydrogen-bond donors (Lipinski definition) is 1. The van der Waals surface area contributed by atoms with Gasteiger partial charge in [0.05, 0.1) is 6.54 Å². The van der Waals surface area contributed by atoms with E-state index >= 15 is 0 Å². The third-order valence-electron chi connectivity index (χ3n) is 2.56. The van der Waals surface area contributed by atoms with Crippen LogP contribution in [0.3, 0.4) is 0 Å². The van der Waals surface area contributed by atoms with Crippen molar-refractivity contribution in [2.24, 2.45) is 7.05 Å². The van der Waals surface area contributed by atoms with E-state index in [9.17, 15) is 4.79 Å². The lowest BCUT2D eigenvalue weighted by Crippen LogP contribution is -2.25. The molecule has 1 N–H and O–H groups in total. The van der Waals surface area contributed by atoms with Crippen molar-refractivity contribution in [2.45, 2.75) is 32.7 Å². The zero-order valence-corrected chi connectivity index (χ0v) is 12.3. The standard InChI is InChI=1S/C12H17N5OS/c1-12(2,3)11-16-15-9(19-11)7-13-10(18)8-5-6-14-17(8)4/h5-6H,7H2,1-4H3,(H,13,18). The summed E-state index contributed by atoms with van der Waals surface area (Å²) in [6.07, 6.45) is 1.59. The monoisotopic (exact) mass is 279 g/mol. The van der Waals surface area contributed by atoms with Gasteiger partial charge in [-0.3, -0.25) is 9.48 Å². The molecule has 0 aliphatic heterocycles. The second kappa shape index (κ2) is 5.08. The fourth-order valence-electron chi connectivity index (χ4n) is 1.47. The molecular weight excluding hydrogens is 262 g/mol. The minimum Gasteiger partial charge on any atom is -0.344 e. The van der Waals surface area contributed by atoms with Gasteiger partial charge < -0.3 is 5.32 Å². The van der Waals surface area contributed by atoms with Gasteiger partial charge in [0.15, 0.2) is 0 Å². The number of amides is 1. The van der Waals surface area contributed by atoms with Crippen LogP contribution in [0.4, 0.5) is 0 Å². The first-order valence-electron chi connectivity index (χ1n) is 5.97. The van der Waals surface area contributed by atoms with Crippen molar-refractivity contribution in [2.75, 3.05) is 0 Å². The Morgan fingerprint density at radius 2 is 2.16 bits per heavy atom. The Morgan fingerprint density at radius 3 is 2.68 bits per heavy atom. The zero-order chi connectivity index (χ0) is 14.0. The molecule has 6 nitrogen and oxygen atoms in total. The van der Waals surface area contributed by atoms with Gasteiger partial charge in [0, 0.05) is 18.7 Å². The van der Waals surface area contributed by atoms with Crippen LogP contribution in [-0.4, -0.2) is 25.9 Å². The molecule has 0 saturated heterocycles. The van der Waals surface area contributed by atoms with E-state index in [4.69, 9.17) is 0 Å². The molecule has 7 heteroatoms. The molecule has 0 spiro atoms. The van der Waals surface area contributed by atoms with Gasteiger partial charge in [-0.05, 0) is 6.07 Å². The topological polar surface area (TPSA) is 72.7 Å². The van der Waals surface area contributed by atoms with E-state index in [1.165, 1.54) is 16.0 Å². The maximum atomic E-state index is 11.9. The molecule has 0 aliphatic carbocycles. The van der Waals surface area contributed by atoms with Crippen molar-refractivity contribution in [1.82, 2.24) is 25.3 Å². The van der Waals surface area contributed by atoms with Crippen molar-refractivity contribution in [3.05, 3.63) is 28.0 Å². The van der Waals surface area contributed by atoms with Crippen molar-refractivity contribution in [1.29, 1.82) is 0 Å². The molecular formula is C12H17N5OS. The summed E-state index contributed by atoms with van der Waals surface area (Å²) >= 11 is 1.52. The number of nitrogens with zero attached hydrogens (tertiary/aromatic N) is 4. The van der Waals surface area contributed by atoms with Gasteiger partial charge in [-0.15, -0.1) is 10.2 Å². The summed E-state index contributed by atoms with van der Waals surface area (Å²) in [6, 6.07) is 1.68. The predicted molar refractivity (Wildman–Crippen MR) is 73.0 cm³/mol. The Kier molecular flexibility index (Phi) is 3.66. The maximum Gasteiger partial charge on any atom is 0.269 e. The Bertz CT molecular complexity index is 581. The Labute approximate surface area is 115 Å². The summed E-state index contributed by atoms with van der Waals surface area (Å²) in [5, 5.41) is 16.8. The first-order chi connectivity index (χ1) is 8.88. The maximum absolute atomic E-state index is 11.9. The Hall–Kier alpha value is -1.76. The third-order valence-corrected chi connectivity index (χ3v) is 3.91. The highest BCUT2D eigenvalue weighted by atomic mass is 32.1. The van der Waals surface area contributed by atoms with Gasteiger partial charge in [-0.2, -0.15) is 5.10 Å². The van der Waals surface area contributed by atoms with Crippen molar-refractivity contribution < 1.29 is 4.79 Å². The quantitative estimate of drug-likeness (QED) is 0.924. The molecule has 19 heavy (non-hydrogen) atoms. The number of nitrogens with one attached hydrogen (secondary N) is 1. The van der Waals surface area contributed by atoms with E-state index in [1.807, 2.05) is 0 Å². The highest BCUT2D eigenvalue weighted by Gasteiger charge is 2.19. The fraction of sp³-hybridized carbons (Fsp3) is 0.500. The molecule has 2 heterocycles. The van der Waals surface area contributed by atoms with Crippen LogP contribution in [0.15, 0.2) is 12.3 Å². The van der Waals surface area contributed by atoms with Crippen molar-refractivity contribution in [3.63, 3.8) is 0 Å². The van der Waals surface area contributed by atoms with E-state index in [0.717, 1.165) is 10.0 Å². The summed E-state index contributed by atoms with van der Waals surface area (Å²) < 4.78 is 1.54. The van der Waals surface area contributed by atoms with E-state index in [-0.39, 0.29) is 11.3 Å². The summed E-state index contributed by atoms with van der Waals surface area (Å²) in [4.78, 5) is 11.9. The van der Waals surface area contributed by atoms with E-state index in [2.05, 4.69) is 41.4 Å². The van der Waals surface area contributed by atoms with Crippen LogP contribution in [0, 0.1) is 0 Å². The van der Waals surface area contributed by atoms with Gasteiger partial charge >= 0.3 is 0 Å². The highest BCUT2D eigenvalue weighted by molar-refractivity contribution is 7.11. The second-order valence-corrected chi connectivity index (χ2v) is 6.34. The number of hydrogen-bond acceptors (Lipinski definition) is 5. The van der Waals surface area contributed by atoms with Gasteiger partial charge in [0.2, 0.25) is 0 Å². The Morgan fingerprint density at radius 1 is 1.42 bits per heavy atom. The molecule has 2 rings (SSSR count). The molecule has 0 fully saturated rings. The number of rotatable bonds is 3. The lowest BCUT2D eigenvalue weighted by atomic mass is 9.98. The number of carbonyl (C=O) groups excluding carboxylic acids is 1. The van der Waals surface area contributed by atoms with Crippen LogP contribution in [-0.2, 0) is 19.0 Å². The van der Waals surface area contributed by atoms with Crippen LogP contribution >= 0.6 is 11.3 Å². The smallest absolute Gasteiger partial charge is 0.269 e. The second-order valence-electron chi connectivity index (χ2n) is 5.27. The molecule has 2 aromatic heterocycles. The van der Waals surface area contributed by atoms with Crippen LogP contribution in [0.5, 0.6) is 0 Å². The van der Waals surface area contributed by atoms with Crippen molar-refractivity contribution >= 4 is 17.2 Å². The molecule has 0 atom stereocenters. The molecule has 2 aromatic rings. The zero-order valence-electron chi connectivity index (χ0n) is 11.5. The lowest BCUT2D eigenvalue weighted by molar-refractivity contribution is 0.0941. The molecule has 0 aromatic carbocycles. The molecule has 0 radical (unpaired) electrons. The third kappa shape index (κ3) is 3.17. The van der Waals surface area contributed by atoms with Gasteiger partial charge in [-0.25, -0.2) is 0 Å². The summed E-state index contributed by atoms with van der Waals surface area (Å²) in [5.74, 6) is -0.160. The minimum atomic E-state index is -0.160. The molecule has 0 aliphatic rings. The summed E-state index contributed by atoms with van der Waals surface area (Å²) in [6.45, 7) is 6.65. The largest absolute Gasteiger partial charge is 0.344 e. The SMILES string of the molecule is Cn1nccc1C(=O)NCc1nnc(C(C)(C)C)s1. The number of carbonyl (C=O) groups is 1. The fourth-order valence-corrected chi connectivity index (χ4v) is 2.31. The minimum absolute atomic E-state index is 0.0119. The lowest BCUT2D eigenvalue weighted by Gasteiger charge is -2.12. The number of aryl methyl sites for hydroxylation is 1.